The second-order valence-corrected chi connectivity index (χ2v) is 10.2. The second-order valence-electron chi connectivity index (χ2n) is 10.2. The van der Waals surface area contributed by atoms with Crippen LogP contribution in [0, 0.1) is 23.7 Å². The molecule has 0 N–H and O–H groups in total. The Morgan fingerprint density at radius 2 is 1.07 bits per heavy atom. The first-order valence-corrected chi connectivity index (χ1v) is 13.2. The van der Waals surface area contributed by atoms with Gasteiger partial charge in [-0.05, 0) is 68.3 Å². The van der Waals surface area contributed by atoms with E-state index in [1.165, 1.54) is 116 Å². The molecule has 170 valence electrons. The van der Waals surface area contributed by atoms with Crippen LogP contribution in [0.4, 0.5) is 8.78 Å². The van der Waals surface area contributed by atoms with Gasteiger partial charge in [-0.2, -0.15) is 8.78 Å². The van der Waals surface area contributed by atoms with Crippen molar-refractivity contribution in [2.75, 3.05) is 0 Å². The molecule has 2 heteroatoms. The predicted molar refractivity (Wildman–Crippen MR) is 122 cm³/mol. The lowest BCUT2D eigenvalue weighted by Gasteiger charge is -2.38. The van der Waals surface area contributed by atoms with Gasteiger partial charge in [0.1, 0.15) is 0 Å². The van der Waals surface area contributed by atoms with Crippen molar-refractivity contribution in [1.82, 2.24) is 0 Å². The van der Waals surface area contributed by atoms with Gasteiger partial charge in [-0.15, -0.1) is 0 Å². The van der Waals surface area contributed by atoms with Crippen LogP contribution >= 0.6 is 0 Å². The number of rotatable bonds is 14. The molecule has 0 nitrogen and oxygen atoms in total. The Bertz CT molecular complexity index is 410. The zero-order chi connectivity index (χ0) is 20.7. The summed E-state index contributed by atoms with van der Waals surface area (Å²) in [6, 6.07) is 0. The maximum absolute atomic E-state index is 12.2. The van der Waals surface area contributed by atoms with Crippen LogP contribution in [-0.2, 0) is 0 Å². The van der Waals surface area contributed by atoms with E-state index >= 15 is 0 Å². The van der Waals surface area contributed by atoms with Crippen LogP contribution < -0.4 is 0 Å². The van der Waals surface area contributed by atoms with Crippen molar-refractivity contribution in [2.24, 2.45) is 23.7 Å². The Hall–Kier alpha value is -0.400. The Kier molecular flexibility index (Phi) is 13.2. The van der Waals surface area contributed by atoms with Crippen molar-refractivity contribution < 1.29 is 8.78 Å². The molecule has 0 atom stereocenters. The average molecular weight is 411 g/mol. The minimum Gasteiger partial charge on any atom is -0.174 e. The first-order valence-electron chi connectivity index (χ1n) is 13.2. The fourth-order valence-corrected chi connectivity index (χ4v) is 6.07. The van der Waals surface area contributed by atoms with Crippen molar-refractivity contribution in [1.29, 1.82) is 0 Å². The molecule has 0 radical (unpaired) electrons. The zero-order valence-electron chi connectivity index (χ0n) is 19.3. The van der Waals surface area contributed by atoms with Crippen LogP contribution in [0.5, 0.6) is 0 Å². The van der Waals surface area contributed by atoms with E-state index in [4.69, 9.17) is 0 Å². The molecule has 0 spiro atoms. The average Bonchev–Trinajstić information content (AvgIpc) is 2.73. The Labute approximate surface area is 180 Å². The number of unbranched alkanes of at least 4 members (excludes halogenated alkanes) is 8. The highest BCUT2D eigenvalue weighted by Gasteiger charge is 2.30. The molecule has 0 aromatic heterocycles. The standard InChI is InChI=1S/C27H48F2/c1-2-3-4-5-6-7-8-9-10-12-23-15-19-25(20-16-23)26-21-17-24(18-22-26)13-11-14-27(28)29/h14,23-26H,2-13,15-22H2,1H3/t23-,24?,25-,26?. The van der Waals surface area contributed by atoms with Gasteiger partial charge in [0, 0.05) is 0 Å². The molecule has 2 rings (SSSR count). The first-order chi connectivity index (χ1) is 14.2. The van der Waals surface area contributed by atoms with Gasteiger partial charge >= 0.3 is 0 Å². The minimum atomic E-state index is -1.50. The molecule has 0 amide bonds. The van der Waals surface area contributed by atoms with Crippen molar-refractivity contribution in [3.63, 3.8) is 0 Å². The Balaban J connectivity index is 1.46. The summed E-state index contributed by atoms with van der Waals surface area (Å²) in [5.41, 5.74) is 0. The van der Waals surface area contributed by atoms with E-state index in [2.05, 4.69) is 6.92 Å². The summed E-state index contributed by atoms with van der Waals surface area (Å²) in [6.45, 7) is 2.29. The molecule has 2 fully saturated rings. The molecule has 0 unspecified atom stereocenters. The summed E-state index contributed by atoms with van der Waals surface area (Å²) >= 11 is 0. The van der Waals surface area contributed by atoms with Gasteiger partial charge in [-0.1, -0.05) is 96.8 Å². The van der Waals surface area contributed by atoms with Crippen molar-refractivity contribution in [3.05, 3.63) is 12.2 Å². The molecular formula is C27H48F2. The lowest BCUT2D eigenvalue weighted by molar-refractivity contribution is 0.140. The van der Waals surface area contributed by atoms with Crippen LogP contribution in [0.15, 0.2) is 12.2 Å². The molecule has 29 heavy (non-hydrogen) atoms. The molecule has 2 aliphatic rings. The maximum Gasteiger partial charge on any atom is 0.266 e. The third-order valence-electron chi connectivity index (χ3n) is 8.04. The molecule has 0 aliphatic heterocycles. The van der Waals surface area contributed by atoms with E-state index in [1.54, 1.807) is 0 Å². The van der Waals surface area contributed by atoms with Gasteiger partial charge in [0.25, 0.3) is 6.08 Å². The van der Waals surface area contributed by atoms with Gasteiger partial charge in [0.2, 0.25) is 0 Å². The third kappa shape index (κ3) is 11.0. The van der Waals surface area contributed by atoms with E-state index < -0.39 is 6.08 Å². The summed E-state index contributed by atoms with van der Waals surface area (Å²) in [7, 11) is 0. The van der Waals surface area contributed by atoms with Gasteiger partial charge in [0.05, 0.1) is 0 Å². The lowest BCUT2D eigenvalue weighted by atomic mass is 9.68. The van der Waals surface area contributed by atoms with Gasteiger partial charge in [-0.3, -0.25) is 0 Å². The van der Waals surface area contributed by atoms with Gasteiger partial charge in [-0.25, -0.2) is 0 Å². The maximum atomic E-state index is 12.2. The summed E-state index contributed by atoms with van der Waals surface area (Å²) in [5, 5.41) is 0. The minimum absolute atomic E-state index is 0.571. The van der Waals surface area contributed by atoms with E-state index in [-0.39, 0.29) is 0 Å². The quantitative estimate of drug-likeness (QED) is 0.250. The normalized spacial score (nSPS) is 27.7. The lowest BCUT2D eigenvalue weighted by Crippen LogP contribution is -2.25. The third-order valence-corrected chi connectivity index (χ3v) is 8.04. The largest absolute Gasteiger partial charge is 0.266 e. The van der Waals surface area contributed by atoms with Crippen LogP contribution in [0.1, 0.15) is 135 Å². The van der Waals surface area contributed by atoms with Gasteiger partial charge < -0.3 is 0 Å². The highest BCUT2D eigenvalue weighted by Crippen LogP contribution is 2.43. The zero-order valence-corrected chi connectivity index (χ0v) is 19.3. The van der Waals surface area contributed by atoms with Crippen molar-refractivity contribution >= 4 is 0 Å². The molecule has 0 heterocycles. The van der Waals surface area contributed by atoms with E-state index in [0.717, 1.165) is 30.3 Å². The highest BCUT2D eigenvalue weighted by molar-refractivity contribution is 4.85. The SMILES string of the molecule is CCCCCCCCCCC[C@H]1CC[C@H](C2CCC(CCC=C(F)F)CC2)CC1. The van der Waals surface area contributed by atoms with Crippen LogP contribution in [0.3, 0.4) is 0 Å². The van der Waals surface area contributed by atoms with E-state index in [1.807, 2.05) is 0 Å². The van der Waals surface area contributed by atoms with Gasteiger partial charge in [0.15, 0.2) is 0 Å². The van der Waals surface area contributed by atoms with E-state index in [0.29, 0.717) is 12.3 Å². The monoisotopic (exact) mass is 410 g/mol. The summed E-state index contributed by atoms with van der Waals surface area (Å²) in [6.07, 6.45) is 26.8. The molecule has 2 aliphatic carbocycles. The first kappa shape index (κ1) is 24.9. The molecular weight excluding hydrogens is 362 g/mol. The number of allylic oxidation sites excluding steroid dienone is 1. The summed E-state index contributed by atoms with van der Waals surface area (Å²) in [4.78, 5) is 0. The van der Waals surface area contributed by atoms with Crippen LogP contribution in [0.25, 0.3) is 0 Å². The highest BCUT2D eigenvalue weighted by atomic mass is 19.3. The number of halogens is 2. The Morgan fingerprint density at radius 1 is 0.621 bits per heavy atom. The predicted octanol–water partition coefficient (Wildman–Crippen LogP) is 10.1. The molecule has 0 bridgehead atoms. The van der Waals surface area contributed by atoms with Crippen molar-refractivity contribution in [2.45, 2.75) is 135 Å². The summed E-state index contributed by atoms with van der Waals surface area (Å²) < 4.78 is 24.3. The second kappa shape index (κ2) is 15.4. The molecule has 2 saturated carbocycles. The molecule has 0 aromatic carbocycles. The Morgan fingerprint density at radius 3 is 1.55 bits per heavy atom. The fourth-order valence-electron chi connectivity index (χ4n) is 6.07. The molecule has 0 saturated heterocycles. The summed E-state index contributed by atoms with van der Waals surface area (Å²) in [5.74, 6) is 3.62. The molecule has 0 aromatic rings. The smallest absolute Gasteiger partial charge is 0.174 e. The number of hydrogen-bond acceptors (Lipinski definition) is 0. The van der Waals surface area contributed by atoms with Crippen molar-refractivity contribution in [3.8, 4) is 0 Å². The van der Waals surface area contributed by atoms with E-state index in [9.17, 15) is 8.78 Å². The fraction of sp³-hybridized carbons (Fsp3) is 0.926. The van der Waals surface area contributed by atoms with Crippen LogP contribution in [-0.4, -0.2) is 0 Å². The topological polar surface area (TPSA) is 0 Å². The number of hydrogen-bond donors (Lipinski definition) is 0. The van der Waals surface area contributed by atoms with Crippen LogP contribution in [0.2, 0.25) is 0 Å².